The second kappa shape index (κ2) is 5.53. The maximum Gasteiger partial charge on any atom is 0.247 e. The zero-order valence-corrected chi connectivity index (χ0v) is 8.92. The van der Waals surface area contributed by atoms with Gasteiger partial charge in [0, 0.05) is 11.6 Å². The van der Waals surface area contributed by atoms with Crippen molar-refractivity contribution in [1.29, 1.82) is 0 Å². The Morgan fingerprint density at radius 1 is 1.27 bits per heavy atom. The highest BCUT2D eigenvalue weighted by molar-refractivity contribution is 5.97. The Kier molecular flexibility index (Phi) is 4.34. The van der Waals surface area contributed by atoms with Gasteiger partial charge in [0.2, 0.25) is 11.8 Å². The average molecular weight is 210 g/mol. The van der Waals surface area contributed by atoms with Crippen LogP contribution in [0.25, 0.3) is 0 Å². The van der Waals surface area contributed by atoms with E-state index in [0.29, 0.717) is 0 Å². The molecule has 0 atom stereocenters. The standard InChI is InChI=1S/C11H18N2O2/c1-8(7-10(12)14)11(15)13-9-5-3-2-4-6-9/h9H,1-7H2,(H2,12,14)(H,13,15). The molecule has 2 amide bonds. The third-order valence-electron chi connectivity index (χ3n) is 2.65. The summed E-state index contributed by atoms with van der Waals surface area (Å²) in [6.45, 7) is 3.55. The fourth-order valence-electron chi connectivity index (χ4n) is 1.82. The second-order valence-corrected chi connectivity index (χ2v) is 4.06. The van der Waals surface area contributed by atoms with E-state index in [0.717, 1.165) is 25.7 Å². The number of nitrogens with two attached hydrogens (primary N) is 1. The molecule has 15 heavy (non-hydrogen) atoms. The molecule has 4 nitrogen and oxygen atoms in total. The first kappa shape index (κ1) is 11.8. The first-order valence-corrected chi connectivity index (χ1v) is 5.36. The molecule has 0 spiro atoms. The number of hydrogen-bond acceptors (Lipinski definition) is 2. The number of carbonyl (C=O) groups excluding carboxylic acids is 2. The van der Waals surface area contributed by atoms with Crippen molar-refractivity contribution < 1.29 is 9.59 Å². The van der Waals surface area contributed by atoms with Crippen molar-refractivity contribution in [2.24, 2.45) is 5.73 Å². The minimum atomic E-state index is -0.515. The lowest BCUT2D eigenvalue weighted by atomic mass is 9.95. The SMILES string of the molecule is C=C(CC(N)=O)C(=O)NC1CCCCC1. The molecule has 1 fully saturated rings. The fourth-order valence-corrected chi connectivity index (χ4v) is 1.82. The Labute approximate surface area is 89.9 Å². The van der Waals surface area contributed by atoms with Gasteiger partial charge in [-0.3, -0.25) is 9.59 Å². The van der Waals surface area contributed by atoms with E-state index in [-0.39, 0.29) is 23.9 Å². The zero-order valence-electron chi connectivity index (χ0n) is 8.92. The molecule has 1 saturated carbocycles. The maximum absolute atomic E-state index is 11.5. The van der Waals surface area contributed by atoms with Crippen molar-refractivity contribution in [3.63, 3.8) is 0 Å². The first-order chi connectivity index (χ1) is 7.09. The van der Waals surface area contributed by atoms with E-state index in [4.69, 9.17) is 5.73 Å². The van der Waals surface area contributed by atoms with Gasteiger partial charge in [0.25, 0.3) is 0 Å². The lowest BCUT2D eigenvalue weighted by Crippen LogP contribution is -2.37. The predicted molar refractivity (Wildman–Crippen MR) is 58.0 cm³/mol. The van der Waals surface area contributed by atoms with Gasteiger partial charge in [0.15, 0.2) is 0 Å². The molecule has 1 rings (SSSR count). The highest BCUT2D eigenvalue weighted by Gasteiger charge is 2.17. The van der Waals surface area contributed by atoms with Crippen LogP contribution in [0.3, 0.4) is 0 Å². The minimum Gasteiger partial charge on any atom is -0.369 e. The van der Waals surface area contributed by atoms with Crippen molar-refractivity contribution in [2.45, 2.75) is 44.6 Å². The van der Waals surface area contributed by atoms with Gasteiger partial charge in [-0.05, 0) is 12.8 Å². The monoisotopic (exact) mass is 210 g/mol. The summed E-state index contributed by atoms with van der Waals surface area (Å²) >= 11 is 0. The molecule has 0 heterocycles. The summed E-state index contributed by atoms with van der Waals surface area (Å²) in [5, 5.41) is 2.88. The summed E-state index contributed by atoms with van der Waals surface area (Å²) in [7, 11) is 0. The van der Waals surface area contributed by atoms with Crippen molar-refractivity contribution in [2.75, 3.05) is 0 Å². The van der Waals surface area contributed by atoms with Crippen LogP contribution in [-0.4, -0.2) is 17.9 Å². The van der Waals surface area contributed by atoms with Crippen LogP contribution in [0.4, 0.5) is 0 Å². The Balaban J connectivity index is 2.33. The van der Waals surface area contributed by atoms with Crippen molar-refractivity contribution in [3.8, 4) is 0 Å². The van der Waals surface area contributed by atoms with Gasteiger partial charge in [-0.2, -0.15) is 0 Å². The van der Waals surface area contributed by atoms with E-state index in [9.17, 15) is 9.59 Å². The van der Waals surface area contributed by atoms with Crippen LogP contribution in [0.5, 0.6) is 0 Å². The molecule has 84 valence electrons. The predicted octanol–water partition coefficient (Wildman–Crippen LogP) is 0.867. The molecule has 0 radical (unpaired) electrons. The summed E-state index contributed by atoms with van der Waals surface area (Å²) < 4.78 is 0. The number of nitrogens with one attached hydrogen (secondary N) is 1. The molecule has 0 saturated heterocycles. The lowest BCUT2D eigenvalue weighted by molar-refractivity contribution is -0.121. The fraction of sp³-hybridized carbons (Fsp3) is 0.636. The van der Waals surface area contributed by atoms with Gasteiger partial charge < -0.3 is 11.1 Å². The van der Waals surface area contributed by atoms with E-state index in [2.05, 4.69) is 11.9 Å². The minimum absolute atomic E-state index is 0.0570. The largest absolute Gasteiger partial charge is 0.369 e. The molecular weight excluding hydrogens is 192 g/mol. The number of hydrogen-bond donors (Lipinski definition) is 2. The second-order valence-electron chi connectivity index (χ2n) is 4.06. The molecule has 3 N–H and O–H groups in total. The van der Waals surface area contributed by atoms with Crippen LogP contribution >= 0.6 is 0 Å². The summed E-state index contributed by atoms with van der Waals surface area (Å²) in [6.07, 6.45) is 5.55. The summed E-state index contributed by atoms with van der Waals surface area (Å²) in [4.78, 5) is 22.1. The number of carbonyl (C=O) groups is 2. The van der Waals surface area contributed by atoms with E-state index in [1.54, 1.807) is 0 Å². The Hall–Kier alpha value is -1.32. The normalized spacial score (nSPS) is 17.1. The summed E-state index contributed by atoms with van der Waals surface area (Å²) in [5.41, 5.74) is 5.24. The zero-order chi connectivity index (χ0) is 11.3. The molecule has 0 aromatic carbocycles. The van der Waals surface area contributed by atoms with Crippen LogP contribution in [0.2, 0.25) is 0 Å². The third kappa shape index (κ3) is 4.14. The van der Waals surface area contributed by atoms with Gasteiger partial charge in [0.1, 0.15) is 0 Å². The molecule has 0 aromatic heterocycles. The maximum atomic E-state index is 11.5. The van der Waals surface area contributed by atoms with Crippen molar-refractivity contribution in [3.05, 3.63) is 12.2 Å². The third-order valence-corrected chi connectivity index (χ3v) is 2.65. The van der Waals surface area contributed by atoms with Gasteiger partial charge in [-0.1, -0.05) is 25.8 Å². The smallest absolute Gasteiger partial charge is 0.247 e. The topological polar surface area (TPSA) is 72.2 Å². The number of amides is 2. The van der Waals surface area contributed by atoms with Crippen LogP contribution in [-0.2, 0) is 9.59 Å². The first-order valence-electron chi connectivity index (χ1n) is 5.36. The van der Waals surface area contributed by atoms with Crippen LogP contribution in [0.15, 0.2) is 12.2 Å². The molecule has 0 unspecified atom stereocenters. The quantitative estimate of drug-likeness (QED) is 0.676. The molecule has 1 aliphatic carbocycles. The van der Waals surface area contributed by atoms with Crippen LogP contribution in [0, 0.1) is 0 Å². The number of primary amides is 1. The van der Waals surface area contributed by atoms with Gasteiger partial charge >= 0.3 is 0 Å². The lowest BCUT2D eigenvalue weighted by Gasteiger charge is -2.23. The van der Waals surface area contributed by atoms with Gasteiger partial charge in [-0.25, -0.2) is 0 Å². The average Bonchev–Trinajstić information content (AvgIpc) is 2.18. The van der Waals surface area contributed by atoms with E-state index >= 15 is 0 Å². The van der Waals surface area contributed by atoms with E-state index < -0.39 is 5.91 Å². The molecule has 1 aliphatic rings. The Morgan fingerprint density at radius 3 is 2.40 bits per heavy atom. The van der Waals surface area contributed by atoms with Crippen molar-refractivity contribution >= 4 is 11.8 Å². The molecule has 4 heteroatoms. The molecule has 0 aromatic rings. The Bertz CT molecular complexity index is 268. The highest BCUT2D eigenvalue weighted by atomic mass is 16.2. The van der Waals surface area contributed by atoms with Gasteiger partial charge in [0.05, 0.1) is 6.42 Å². The van der Waals surface area contributed by atoms with E-state index in [1.165, 1.54) is 6.42 Å². The summed E-state index contributed by atoms with van der Waals surface area (Å²) in [6, 6.07) is 0.246. The van der Waals surface area contributed by atoms with Crippen LogP contribution < -0.4 is 11.1 Å². The van der Waals surface area contributed by atoms with Crippen LogP contribution in [0.1, 0.15) is 38.5 Å². The number of rotatable bonds is 4. The highest BCUT2D eigenvalue weighted by Crippen LogP contribution is 2.17. The summed E-state index contributed by atoms with van der Waals surface area (Å²) in [5.74, 6) is -0.750. The van der Waals surface area contributed by atoms with Crippen molar-refractivity contribution in [1.82, 2.24) is 5.32 Å². The van der Waals surface area contributed by atoms with Gasteiger partial charge in [-0.15, -0.1) is 0 Å². The Morgan fingerprint density at radius 2 is 1.87 bits per heavy atom. The molecule has 0 aliphatic heterocycles. The molecular formula is C11H18N2O2. The van der Waals surface area contributed by atoms with E-state index in [1.807, 2.05) is 0 Å². The molecule has 0 bridgehead atoms.